The Bertz CT molecular complexity index is 239. The monoisotopic (exact) mass is 272 g/mol. The van der Waals surface area contributed by atoms with Crippen molar-refractivity contribution >= 4 is 26.3 Å². The summed E-state index contributed by atoms with van der Waals surface area (Å²) in [5, 5.41) is 0. The van der Waals surface area contributed by atoms with Gasteiger partial charge in [-0.1, -0.05) is 19.4 Å². The number of hydrogen-bond donors (Lipinski definition) is 0. The average Bonchev–Trinajstić information content (AvgIpc) is 2.68. The predicted molar refractivity (Wildman–Crippen MR) is 56.6 cm³/mol. The Morgan fingerprint density at radius 1 is 1.71 bits per heavy atom. The standard InChI is InChI=1S/C8H12N3.2ClH.Cr/c1-3-7(2)10-5-8-4-9-6-11-8;;;/h4-7H,3H2,1-2H3;2*1H;/q-1;;;+3/p-2. The molecule has 14 heavy (non-hydrogen) atoms. The minimum absolute atomic E-state index is 0.181. The van der Waals surface area contributed by atoms with E-state index in [9.17, 15) is 0 Å². The number of aliphatic imine (C=N–C) groups is 1. The Hall–Kier alpha value is -0.00753. The first-order valence-corrected chi connectivity index (χ1v) is 7.60. The zero-order valence-corrected chi connectivity index (χ0v) is 10.8. The van der Waals surface area contributed by atoms with Gasteiger partial charge in [-0.25, -0.2) is 0 Å². The van der Waals surface area contributed by atoms with Gasteiger partial charge in [0.05, 0.1) is 0 Å². The number of hydrogen-bond acceptors (Lipinski definition) is 2. The third-order valence-corrected chi connectivity index (χ3v) is 1.53. The predicted octanol–water partition coefficient (Wildman–Crippen LogP) is 2.63. The van der Waals surface area contributed by atoms with Crippen LogP contribution in [0.1, 0.15) is 26.0 Å². The molecule has 0 N–H and O–H groups in total. The molecule has 1 atom stereocenters. The first-order chi connectivity index (χ1) is 6.74. The second kappa shape index (κ2) is 9.54. The molecule has 0 aromatic carbocycles. The van der Waals surface area contributed by atoms with Crippen LogP contribution in [0.15, 0.2) is 17.5 Å². The zero-order chi connectivity index (χ0) is 10.8. The van der Waals surface area contributed by atoms with E-state index in [1.165, 1.54) is 6.33 Å². The molecule has 0 saturated carbocycles. The van der Waals surface area contributed by atoms with E-state index in [2.05, 4.69) is 28.8 Å². The van der Waals surface area contributed by atoms with E-state index in [1.807, 2.05) is 0 Å². The van der Waals surface area contributed by atoms with Gasteiger partial charge in [-0.2, -0.15) is 0 Å². The van der Waals surface area contributed by atoms with Crippen LogP contribution in [0.5, 0.6) is 0 Å². The molecule has 1 heterocycles. The molecule has 0 spiro atoms. The molecule has 6 heteroatoms. The van der Waals surface area contributed by atoms with Gasteiger partial charge in [-0.05, 0) is 19.0 Å². The van der Waals surface area contributed by atoms with E-state index in [1.54, 1.807) is 12.4 Å². The second-order valence-corrected chi connectivity index (χ2v) is 4.65. The number of rotatable bonds is 3. The van der Waals surface area contributed by atoms with Gasteiger partial charge < -0.3 is 9.97 Å². The van der Waals surface area contributed by atoms with Crippen LogP contribution < -0.4 is 4.98 Å². The molecule has 1 rings (SSSR count). The van der Waals surface area contributed by atoms with E-state index in [4.69, 9.17) is 20.1 Å². The Labute approximate surface area is 99.1 Å². The number of halogens is 2. The maximum absolute atomic E-state index is 4.83. The summed E-state index contributed by atoms with van der Waals surface area (Å²) < 4.78 is 0. The molecule has 1 aromatic heterocycles. The number of imidazole rings is 1. The normalized spacial score (nSPS) is 12.0. The molecule has 0 aliphatic rings. The topological polar surface area (TPSA) is 39.4 Å². The van der Waals surface area contributed by atoms with Crippen molar-refractivity contribution in [3.05, 3.63) is 18.2 Å². The third-order valence-electron chi connectivity index (χ3n) is 1.53. The SMILES string of the molecule is CCC(C)N=Cc1cnc[n-]1.[Cl][Cr+][Cl]. The number of aromatic nitrogens is 2. The Morgan fingerprint density at radius 3 is 2.79 bits per heavy atom. The van der Waals surface area contributed by atoms with Crippen molar-refractivity contribution < 1.29 is 13.4 Å². The Balaban J connectivity index is 0.000000500. The second-order valence-electron chi connectivity index (χ2n) is 2.54. The van der Waals surface area contributed by atoms with Crippen LogP contribution in [-0.2, 0) is 13.4 Å². The van der Waals surface area contributed by atoms with Gasteiger partial charge in [0.25, 0.3) is 0 Å². The fourth-order valence-corrected chi connectivity index (χ4v) is 0.619. The van der Waals surface area contributed by atoms with E-state index >= 15 is 0 Å². The van der Waals surface area contributed by atoms with Crippen LogP contribution in [0.2, 0.25) is 0 Å². The maximum atomic E-state index is 4.83. The van der Waals surface area contributed by atoms with E-state index in [-0.39, 0.29) is 13.4 Å². The van der Waals surface area contributed by atoms with E-state index in [0.717, 1.165) is 12.1 Å². The summed E-state index contributed by atoms with van der Waals surface area (Å²) in [7, 11) is 9.65. The van der Waals surface area contributed by atoms with Crippen molar-refractivity contribution in [2.75, 3.05) is 0 Å². The number of nitrogens with zero attached hydrogens (tertiary/aromatic N) is 3. The zero-order valence-electron chi connectivity index (χ0n) is 8.02. The summed E-state index contributed by atoms with van der Waals surface area (Å²) in [6, 6.07) is 0.381. The van der Waals surface area contributed by atoms with Crippen LogP contribution in [0.3, 0.4) is 0 Å². The van der Waals surface area contributed by atoms with Gasteiger partial charge in [0, 0.05) is 12.3 Å². The van der Waals surface area contributed by atoms with Gasteiger partial charge in [0.2, 0.25) is 0 Å². The molecule has 1 unspecified atom stereocenters. The molecule has 79 valence electrons. The molecule has 0 fully saturated rings. The first kappa shape index (κ1) is 14.0. The van der Waals surface area contributed by atoms with Crippen molar-refractivity contribution in [2.24, 2.45) is 4.99 Å². The van der Waals surface area contributed by atoms with E-state index in [0.29, 0.717) is 6.04 Å². The molecular weight excluding hydrogens is 261 g/mol. The van der Waals surface area contributed by atoms with Crippen LogP contribution in [0.4, 0.5) is 0 Å². The molecule has 1 aromatic rings. The fourth-order valence-electron chi connectivity index (χ4n) is 0.619. The Morgan fingerprint density at radius 2 is 2.36 bits per heavy atom. The summed E-state index contributed by atoms with van der Waals surface area (Å²) >= 11 is -0.181. The summed E-state index contributed by atoms with van der Waals surface area (Å²) in [6.07, 6.45) is 6.05. The molecule has 0 saturated heterocycles. The van der Waals surface area contributed by atoms with Gasteiger partial charge in [0.1, 0.15) is 0 Å². The van der Waals surface area contributed by atoms with Crippen LogP contribution in [0.25, 0.3) is 0 Å². The molecule has 0 amide bonds. The molecular formula is C8H12Cl2CrN3. The molecule has 0 aliphatic carbocycles. The van der Waals surface area contributed by atoms with Gasteiger partial charge in [-0.15, -0.1) is 0 Å². The first-order valence-electron chi connectivity index (χ1n) is 4.09. The van der Waals surface area contributed by atoms with Crippen molar-refractivity contribution in [1.29, 1.82) is 0 Å². The average molecular weight is 273 g/mol. The Kier molecular flexibility index (Phi) is 9.54. The van der Waals surface area contributed by atoms with Gasteiger partial charge in [0.15, 0.2) is 0 Å². The van der Waals surface area contributed by atoms with Crippen molar-refractivity contribution in [3.8, 4) is 0 Å². The van der Waals surface area contributed by atoms with Crippen LogP contribution in [0, 0.1) is 0 Å². The third kappa shape index (κ3) is 7.40. The van der Waals surface area contributed by atoms with E-state index < -0.39 is 0 Å². The quantitative estimate of drug-likeness (QED) is 0.794. The summed E-state index contributed by atoms with van der Waals surface area (Å²) in [5.41, 5.74) is 0.838. The minimum atomic E-state index is -0.181. The molecule has 0 radical (unpaired) electrons. The van der Waals surface area contributed by atoms with Crippen LogP contribution >= 0.6 is 20.1 Å². The molecule has 0 bridgehead atoms. The molecule has 3 nitrogen and oxygen atoms in total. The van der Waals surface area contributed by atoms with Crippen molar-refractivity contribution in [1.82, 2.24) is 9.97 Å². The van der Waals surface area contributed by atoms with Gasteiger partial charge in [-0.3, -0.25) is 4.99 Å². The fraction of sp³-hybridized carbons (Fsp3) is 0.500. The summed E-state index contributed by atoms with van der Waals surface area (Å²) in [6.45, 7) is 4.19. The summed E-state index contributed by atoms with van der Waals surface area (Å²) in [4.78, 5) is 12.0. The van der Waals surface area contributed by atoms with Crippen molar-refractivity contribution in [2.45, 2.75) is 26.3 Å². The van der Waals surface area contributed by atoms with Crippen molar-refractivity contribution in [3.63, 3.8) is 0 Å². The summed E-state index contributed by atoms with van der Waals surface area (Å²) in [5.74, 6) is 0. The van der Waals surface area contributed by atoms with Crippen LogP contribution in [-0.4, -0.2) is 17.2 Å². The van der Waals surface area contributed by atoms with Gasteiger partial charge >= 0.3 is 33.5 Å². The molecule has 0 aliphatic heterocycles.